The largest absolute Gasteiger partial charge is 0.310 e. The normalized spacial score (nSPS) is 26.1. The van der Waals surface area contributed by atoms with E-state index in [0.29, 0.717) is 6.04 Å². The van der Waals surface area contributed by atoms with E-state index in [1.807, 2.05) is 0 Å². The third-order valence-corrected chi connectivity index (χ3v) is 5.23. The van der Waals surface area contributed by atoms with Gasteiger partial charge in [-0.25, -0.2) is 0 Å². The first-order valence-electron chi connectivity index (χ1n) is 8.33. The number of nitrogens with one attached hydrogen (secondary N) is 1. The topological polar surface area (TPSA) is 15.3 Å². The van der Waals surface area contributed by atoms with E-state index in [0.717, 1.165) is 12.6 Å². The number of piperidine rings is 1. The molecular formula is C19H24N2. The first kappa shape index (κ1) is 13.3. The molecule has 0 aromatic heterocycles. The van der Waals surface area contributed by atoms with Gasteiger partial charge in [0.05, 0.1) is 0 Å². The highest BCUT2D eigenvalue weighted by atomic mass is 15.2. The summed E-state index contributed by atoms with van der Waals surface area (Å²) in [7, 11) is 0. The van der Waals surface area contributed by atoms with E-state index >= 15 is 0 Å². The first-order chi connectivity index (χ1) is 10.4. The lowest BCUT2D eigenvalue weighted by atomic mass is 9.97. The van der Waals surface area contributed by atoms with Gasteiger partial charge in [0, 0.05) is 18.6 Å². The third-order valence-electron chi connectivity index (χ3n) is 5.23. The van der Waals surface area contributed by atoms with Crippen LogP contribution in [0.25, 0.3) is 10.8 Å². The zero-order chi connectivity index (χ0) is 14.1. The van der Waals surface area contributed by atoms with Gasteiger partial charge in [0.25, 0.3) is 0 Å². The quantitative estimate of drug-likeness (QED) is 0.925. The van der Waals surface area contributed by atoms with Crippen molar-refractivity contribution in [3.05, 3.63) is 48.0 Å². The second-order valence-electron chi connectivity index (χ2n) is 6.62. The SMILES string of the molecule is c1ccc2cc(CNC3CCN4CCCC4C3)ccc2c1. The minimum absolute atomic E-state index is 0.704. The van der Waals surface area contributed by atoms with Gasteiger partial charge in [-0.05, 0) is 61.2 Å². The number of nitrogens with zero attached hydrogens (tertiary/aromatic N) is 1. The summed E-state index contributed by atoms with van der Waals surface area (Å²) in [4.78, 5) is 2.69. The number of hydrogen-bond acceptors (Lipinski definition) is 2. The first-order valence-corrected chi connectivity index (χ1v) is 8.33. The summed E-state index contributed by atoms with van der Waals surface area (Å²) >= 11 is 0. The highest BCUT2D eigenvalue weighted by molar-refractivity contribution is 5.82. The molecule has 0 saturated carbocycles. The predicted octanol–water partition coefficient (Wildman–Crippen LogP) is 3.56. The van der Waals surface area contributed by atoms with Gasteiger partial charge < -0.3 is 10.2 Å². The summed E-state index contributed by atoms with van der Waals surface area (Å²) in [6, 6.07) is 17.0. The third kappa shape index (κ3) is 2.83. The number of rotatable bonds is 3. The zero-order valence-electron chi connectivity index (χ0n) is 12.6. The van der Waals surface area contributed by atoms with Gasteiger partial charge in [0.2, 0.25) is 0 Å². The average molecular weight is 280 g/mol. The second kappa shape index (κ2) is 5.78. The van der Waals surface area contributed by atoms with Crippen molar-refractivity contribution < 1.29 is 0 Å². The molecule has 2 heteroatoms. The van der Waals surface area contributed by atoms with Crippen molar-refractivity contribution in [1.29, 1.82) is 0 Å². The molecule has 0 amide bonds. The molecule has 2 atom stereocenters. The highest BCUT2D eigenvalue weighted by Crippen LogP contribution is 2.27. The lowest BCUT2D eigenvalue weighted by Gasteiger charge is -2.35. The molecule has 2 fully saturated rings. The van der Waals surface area contributed by atoms with Crippen LogP contribution in [0.5, 0.6) is 0 Å². The van der Waals surface area contributed by atoms with E-state index in [1.54, 1.807) is 0 Å². The fraction of sp³-hybridized carbons (Fsp3) is 0.474. The lowest BCUT2D eigenvalue weighted by Crippen LogP contribution is -2.45. The maximum atomic E-state index is 3.79. The van der Waals surface area contributed by atoms with Crippen LogP contribution in [0.1, 0.15) is 31.2 Å². The van der Waals surface area contributed by atoms with Crippen LogP contribution in [0, 0.1) is 0 Å². The molecular weight excluding hydrogens is 256 g/mol. The van der Waals surface area contributed by atoms with Crippen molar-refractivity contribution in [2.24, 2.45) is 0 Å². The minimum atomic E-state index is 0.704. The molecule has 2 aliphatic heterocycles. The second-order valence-corrected chi connectivity index (χ2v) is 6.62. The zero-order valence-corrected chi connectivity index (χ0v) is 12.6. The van der Waals surface area contributed by atoms with E-state index in [-0.39, 0.29) is 0 Å². The number of hydrogen-bond donors (Lipinski definition) is 1. The summed E-state index contributed by atoms with van der Waals surface area (Å²) in [5.74, 6) is 0. The maximum absolute atomic E-state index is 3.79. The Labute approximate surface area is 127 Å². The van der Waals surface area contributed by atoms with Crippen molar-refractivity contribution >= 4 is 10.8 Å². The van der Waals surface area contributed by atoms with E-state index in [2.05, 4.69) is 52.7 Å². The molecule has 1 N–H and O–H groups in total. The molecule has 4 rings (SSSR count). The summed E-state index contributed by atoms with van der Waals surface area (Å²) in [6.45, 7) is 3.63. The van der Waals surface area contributed by atoms with Gasteiger partial charge in [0.1, 0.15) is 0 Å². The Hall–Kier alpha value is -1.38. The standard InChI is InChI=1S/C19H24N2/c1-2-5-17-12-15(7-8-16(17)4-1)14-20-18-9-11-21-10-3-6-19(21)13-18/h1-2,4-5,7-8,12,18-20H,3,6,9-11,13-14H2. The van der Waals surface area contributed by atoms with Crippen LogP contribution in [0.2, 0.25) is 0 Å². The lowest BCUT2D eigenvalue weighted by molar-refractivity contribution is 0.166. The van der Waals surface area contributed by atoms with Gasteiger partial charge in [-0.3, -0.25) is 0 Å². The van der Waals surface area contributed by atoms with Crippen LogP contribution in [0.4, 0.5) is 0 Å². The fourth-order valence-corrected chi connectivity index (χ4v) is 4.02. The van der Waals surface area contributed by atoms with Gasteiger partial charge in [-0.2, -0.15) is 0 Å². The van der Waals surface area contributed by atoms with Crippen LogP contribution in [0.15, 0.2) is 42.5 Å². The van der Waals surface area contributed by atoms with Gasteiger partial charge in [-0.15, -0.1) is 0 Å². The molecule has 2 saturated heterocycles. The Morgan fingerprint density at radius 2 is 1.90 bits per heavy atom. The van der Waals surface area contributed by atoms with E-state index in [4.69, 9.17) is 0 Å². The van der Waals surface area contributed by atoms with Crippen molar-refractivity contribution in [1.82, 2.24) is 10.2 Å². The van der Waals surface area contributed by atoms with Crippen LogP contribution in [-0.4, -0.2) is 30.1 Å². The Kier molecular flexibility index (Phi) is 3.66. The average Bonchev–Trinajstić information content (AvgIpc) is 3.00. The van der Waals surface area contributed by atoms with Crippen molar-refractivity contribution in [2.75, 3.05) is 13.1 Å². The molecule has 0 radical (unpaired) electrons. The van der Waals surface area contributed by atoms with Crippen LogP contribution >= 0.6 is 0 Å². The maximum Gasteiger partial charge on any atom is 0.0208 e. The minimum Gasteiger partial charge on any atom is -0.310 e. The summed E-state index contributed by atoms with van der Waals surface area (Å²) in [5.41, 5.74) is 1.41. The molecule has 2 aromatic rings. The fourth-order valence-electron chi connectivity index (χ4n) is 4.02. The molecule has 2 nitrogen and oxygen atoms in total. The molecule has 21 heavy (non-hydrogen) atoms. The van der Waals surface area contributed by atoms with Crippen molar-refractivity contribution in [3.8, 4) is 0 Å². The van der Waals surface area contributed by atoms with Crippen molar-refractivity contribution in [2.45, 2.75) is 44.3 Å². The highest BCUT2D eigenvalue weighted by Gasteiger charge is 2.31. The molecule has 2 aliphatic rings. The Balaban J connectivity index is 1.39. The molecule has 2 heterocycles. The van der Waals surface area contributed by atoms with Crippen LogP contribution in [0.3, 0.4) is 0 Å². The summed E-state index contributed by atoms with van der Waals surface area (Å²) in [5, 5.41) is 6.47. The molecule has 0 spiro atoms. The van der Waals surface area contributed by atoms with Crippen LogP contribution in [-0.2, 0) is 6.54 Å². The van der Waals surface area contributed by atoms with Crippen LogP contribution < -0.4 is 5.32 Å². The van der Waals surface area contributed by atoms with Gasteiger partial charge in [-0.1, -0.05) is 36.4 Å². The monoisotopic (exact) mass is 280 g/mol. The smallest absolute Gasteiger partial charge is 0.0208 e. The summed E-state index contributed by atoms with van der Waals surface area (Å²) in [6.07, 6.45) is 5.47. The number of benzene rings is 2. The Morgan fingerprint density at radius 1 is 1.00 bits per heavy atom. The number of fused-ring (bicyclic) bond motifs is 2. The predicted molar refractivity (Wildman–Crippen MR) is 88.4 cm³/mol. The Bertz CT molecular complexity index is 622. The van der Waals surface area contributed by atoms with Gasteiger partial charge >= 0.3 is 0 Å². The van der Waals surface area contributed by atoms with Crippen molar-refractivity contribution in [3.63, 3.8) is 0 Å². The molecule has 110 valence electrons. The van der Waals surface area contributed by atoms with Gasteiger partial charge in [0.15, 0.2) is 0 Å². The Morgan fingerprint density at radius 3 is 2.86 bits per heavy atom. The van der Waals surface area contributed by atoms with E-state index in [1.165, 1.54) is 55.1 Å². The molecule has 0 aliphatic carbocycles. The van der Waals surface area contributed by atoms with E-state index in [9.17, 15) is 0 Å². The molecule has 0 bridgehead atoms. The van der Waals surface area contributed by atoms with E-state index < -0.39 is 0 Å². The molecule has 2 aromatic carbocycles. The summed E-state index contributed by atoms with van der Waals surface area (Å²) < 4.78 is 0. The molecule has 2 unspecified atom stereocenters.